The molecule has 2 aromatic rings. The summed E-state index contributed by atoms with van der Waals surface area (Å²) >= 11 is 11.7. The maximum absolute atomic E-state index is 11.1. The highest BCUT2D eigenvalue weighted by Crippen LogP contribution is 2.28. The van der Waals surface area contributed by atoms with E-state index in [1.807, 2.05) is 12.1 Å². The molecule has 0 aliphatic carbocycles. The van der Waals surface area contributed by atoms with E-state index in [0.717, 1.165) is 5.56 Å². The SMILES string of the molecule is COC(=O)CCCc1oc(Cl)nc1-c1ccc(Cl)cc1. The van der Waals surface area contributed by atoms with Gasteiger partial charge in [0.25, 0.3) is 5.35 Å². The van der Waals surface area contributed by atoms with Crippen LogP contribution >= 0.6 is 23.2 Å². The first-order chi connectivity index (χ1) is 9.60. The Morgan fingerprint density at radius 3 is 2.65 bits per heavy atom. The first-order valence-electron chi connectivity index (χ1n) is 6.08. The maximum atomic E-state index is 11.1. The van der Waals surface area contributed by atoms with E-state index >= 15 is 0 Å². The monoisotopic (exact) mass is 313 g/mol. The lowest BCUT2D eigenvalue weighted by Gasteiger charge is -2.01. The second-order valence-corrected chi connectivity index (χ2v) is 4.93. The summed E-state index contributed by atoms with van der Waals surface area (Å²) < 4.78 is 9.98. The van der Waals surface area contributed by atoms with Crippen LogP contribution in [0, 0.1) is 0 Å². The fraction of sp³-hybridized carbons (Fsp3) is 0.286. The molecule has 0 bridgehead atoms. The minimum absolute atomic E-state index is 0.0861. The number of methoxy groups -OCH3 is 1. The van der Waals surface area contributed by atoms with Crippen LogP contribution < -0.4 is 0 Å². The molecule has 20 heavy (non-hydrogen) atoms. The van der Waals surface area contributed by atoms with Gasteiger partial charge < -0.3 is 9.15 Å². The number of nitrogens with zero attached hydrogens (tertiary/aromatic N) is 1. The molecule has 1 aromatic heterocycles. The van der Waals surface area contributed by atoms with Crippen molar-refractivity contribution in [3.8, 4) is 11.3 Å². The van der Waals surface area contributed by atoms with E-state index in [0.29, 0.717) is 35.7 Å². The predicted octanol–water partition coefficient (Wildman–Crippen LogP) is 4.14. The summed E-state index contributed by atoms with van der Waals surface area (Å²) in [6.07, 6.45) is 1.50. The number of aryl methyl sites for hydroxylation is 1. The molecular formula is C14H13Cl2NO3. The molecule has 106 valence electrons. The third-order valence-corrected chi connectivity index (χ3v) is 3.21. The largest absolute Gasteiger partial charge is 0.469 e. The molecule has 0 saturated heterocycles. The third-order valence-electron chi connectivity index (χ3n) is 2.80. The molecule has 0 aliphatic heterocycles. The van der Waals surface area contributed by atoms with Crippen LogP contribution in [-0.2, 0) is 16.0 Å². The van der Waals surface area contributed by atoms with Gasteiger partial charge in [-0.3, -0.25) is 4.79 Å². The Hall–Kier alpha value is -1.52. The van der Waals surface area contributed by atoms with Crippen LogP contribution in [0.4, 0.5) is 0 Å². The fourth-order valence-corrected chi connectivity index (χ4v) is 2.12. The van der Waals surface area contributed by atoms with Gasteiger partial charge in [-0.2, -0.15) is 4.98 Å². The molecule has 2 rings (SSSR count). The summed E-state index contributed by atoms with van der Waals surface area (Å²) in [6.45, 7) is 0. The standard InChI is InChI=1S/C14H13Cl2NO3/c1-19-12(18)4-2-3-11-13(17-14(16)20-11)9-5-7-10(15)8-6-9/h5-8H,2-4H2,1H3. The zero-order valence-corrected chi connectivity index (χ0v) is 12.4. The summed E-state index contributed by atoms with van der Waals surface area (Å²) in [7, 11) is 1.37. The molecule has 0 N–H and O–H groups in total. The number of halogens is 2. The van der Waals surface area contributed by atoms with E-state index < -0.39 is 0 Å². The van der Waals surface area contributed by atoms with Gasteiger partial charge in [-0.1, -0.05) is 23.7 Å². The Labute approximate surface area is 126 Å². The van der Waals surface area contributed by atoms with E-state index in [2.05, 4.69) is 9.72 Å². The number of carbonyl (C=O) groups is 1. The van der Waals surface area contributed by atoms with Gasteiger partial charge in [0.05, 0.1) is 7.11 Å². The van der Waals surface area contributed by atoms with Crippen molar-refractivity contribution in [2.45, 2.75) is 19.3 Å². The second kappa shape index (κ2) is 6.77. The van der Waals surface area contributed by atoms with Crippen molar-refractivity contribution in [1.29, 1.82) is 0 Å². The number of oxazole rings is 1. The van der Waals surface area contributed by atoms with Crippen molar-refractivity contribution >= 4 is 29.2 Å². The van der Waals surface area contributed by atoms with Crippen molar-refractivity contribution in [2.24, 2.45) is 0 Å². The highest BCUT2D eigenvalue weighted by Gasteiger charge is 2.14. The predicted molar refractivity (Wildman–Crippen MR) is 76.9 cm³/mol. The number of hydrogen-bond donors (Lipinski definition) is 0. The van der Waals surface area contributed by atoms with Crippen molar-refractivity contribution < 1.29 is 13.9 Å². The highest BCUT2D eigenvalue weighted by atomic mass is 35.5. The molecule has 0 radical (unpaired) electrons. The quantitative estimate of drug-likeness (QED) is 0.778. The van der Waals surface area contributed by atoms with E-state index in [9.17, 15) is 4.79 Å². The minimum atomic E-state index is -0.247. The molecule has 0 unspecified atom stereocenters. The van der Waals surface area contributed by atoms with Crippen molar-refractivity contribution in [3.63, 3.8) is 0 Å². The van der Waals surface area contributed by atoms with E-state index in [1.54, 1.807) is 12.1 Å². The van der Waals surface area contributed by atoms with Gasteiger partial charge in [0.2, 0.25) is 0 Å². The molecule has 0 amide bonds. The lowest BCUT2D eigenvalue weighted by molar-refractivity contribution is -0.140. The maximum Gasteiger partial charge on any atom is 0.305 e. The molecule has 0 atom stereocenters. The zero-order chi connectivity index (χ0) is 14.5. The summed E-state index contributed by atoms with van der Waals surface area (Å²) in [5.74, 6) is 0.407. The van der Waals surface area contributed by atoms with Gasteiger partial charge in [-0.25, -0.2) is 0 Å². The lowest BCUT2D eigenvalue weighted by atomic mass is 10.1. The number of carbonyl (C=O) groups excluding carboxylic acids is 1. The van der Waals surface area contributed by atoms with Crippen LogP contribution in [0.5, 0.6) is 0 Å². The Balaban J connectivity index is 2.13. The number of esters is 1. The zero-order valence-electron chi connectivity index (χ0n) is 10.9. The first-order valence-corrected chi connectivity index (χ1v) is 6.83. The van der Waals surface area contributed by atoms with Crippen molar-refractivity contribution in [2.75, 3.05) is 7.11 Å². The van der Waals surface area contributed by atoms with E-state index in [1.165, 1.54) is 7.11 Å². The van der Waals surface area contributed by atoms with Crippen LogP contribution in [0.1, 0.15) is 18.6 Å². The molecule has 0 fully saturated rings. The average molecular weight is 314 g/mol. The number of aromatic nitrogens is 1. The Morgan fingerprint density at radius 2 is 2.00 bits per heavy atom. The first kappa shape index (κ1) is 14.9. The van der Waals surface area contributed by atoms with Gasteiger partial charge >= 0.3 is 5.97 Å². The highest BCUT2D eigenvalue weighted by molar-refractivity contribution is 6.30. The van der Waals surface area contributed by atoms with Crippen LogP contribution in [0.25, 0.3) is 11.3 Å². The van der Waals surface area contributed by atoms with E-state index in [4.69, 9.17) is 27.6 Å². The van der Waals surface area contributed by atoms with Crippen LogP contribution in [-0.4, -0.2) is 18.1 Å². The van der Waals surface area contributed by atoms with Crippen LogP contribution in [0.3, 0.4) is 0 Å². The molecule has 1 heterocycles. The smallest absolute Gasteiger partial charge is 0.305 e. The molecule has 1 aromatic carbocycles. The number of hydrogen-bond acceptors (Lipinski definition) is 4. The Bertz CT molecular complexity index is 593. The van der Waals surface area contributed by atoms with Crippen molar-refractivity contribution in [3.05, 3.63) is 40.4 Å². The molecule has 0 aliphatic rings. The molecule has 0 spiro atoms. The number of ether oxygens (including phenoxy) is 1. The summed E-state index contributed by atoms with van der Waals surface area (Å²) in [5, 5.41) is 0.735. The van der Waals surface area contributed by atoms with Gasteiger partial charge in [0.1, 0.15) is 11.5 Å². The summed E-state index contributed by atoms with van der Waals surface area (Å²) in [5.41, 5.74) is 1.55. The topological polar surface area (TPSA) is 52.3 Å². The molecule has 4 nitrogen and oxygen atoms in total. The molecule has 6 heteroatoms. The van der Waals surface area contributed by atoms with Gasteiger partial charge in [-0.05, 0) is 30.2 Å². The molecule has 0 saturated carbocycles. The second-order valence-electron chi connectivity index (χ2n) is 4.18. The normalized spacial score (nSPS) is 10.6. The lowest BCUT2D eigenvalue weighted by Crippen LogP contribution is -2.00. The fourth-order valence-electron chi connectivity index (χ4n) is 1.82. The number of rotatable bonds is 5. The van der Waals surface area contributed by atoms with Gasteiger partial charge in [-0.15, -0.1) is 0 Å². The van der Waals surface area contributed by atoms with Crippen molar-refractivity contribution in [1.82, 2.24) is 4.98 Å². The minimum Gasteiger partial charge on any atom is -0.469 e. The summed E-state index contributed by atoms with van der Waals surface area (Å²) in [6, 6.07) is 7.25. The Kier molecular flexibility index (Phi) is 5.04. The van der Waals surface area contributed by atoms with Gasteiger partial charge in [0, 0.05) is 23.4 Å². The van der Waals surface area contributed by atoms with Crippen LogP contribution in [0.15, 0.2) is 28.7 Å². The average Bonchev–Trinajstić information content (AvgIpc) is 2.80. The Morgan fingerprint density at radius 1 is 1.30 bits per heavy atom. The van der Waals surface area contributed by atoms with Gasteiger partial charge in [0.15, 0.2) is 0 Å². The van der Waals surface area contributed by atoms with E-state index in [-0.39, 0.29) is 11.3 Å². The number of benzene rings is 1. The molecular weight excluding hydrogens is 301 g/mol. The third kappa shape index (κ3) is 3.74. The van der Waals surface area contributed by atoms with Crippen LogP contribution in [0.2, 0.25) is 10.4 Å². The summed E-state index contributed by atoms with van der Waals surface area (Å²) in [4.78, 5) is 15.3.